The van der Waals surface area contributed by atoms with Crippen molar-refractivity contribution >= 4 is 6.09 Å². The van der Waals surface area contributed by atoms with Crippen LogP contribution in [-0.4, -0.2) is 30.0 Å². The van der Waals surface area contributed by atoms with E-state index in [2.05, 4.69) is 29.6 Å². The molecule has 1 aromatic carbocycles. The molecule has 1 aromatic rings. The topological polar surface area (TPSA) is 58.6 Å². The highest BCUT2D eigenvalue weighted by molar-refractivity contribution is 5.66. The molecular weight excluding hydrogens is 254 g/mol. The van der Waals surface area contributed by atoms with Gasteiger partial charge in [0.25, 0.3) is 0 Å². The van der Waals surface area contributed by atoms with Crippen molar-refractivity contribution in [1.82, 2.24) is 5.32 Å². The molecule has 0 saturated heterocycles. The maximum absolute atomic E-state index is 11.1. The number of amides is 1. The van der Waals surface area contributed by atoms with Gasteiger partial charge in [-0.15, -0.1) is 0 Å². The van der Waals surface area contributed by atoms with Crippen molar-refractivity contribution in [2.24, 2.45) is 0 Å². The van der Waals surface area contributed by atoms with Crippen LogP contribution in [0.1, 0.15) is 37.7 Å². The molecule has 1 amide bonds. The summed E-state index contributed by atoms with van der Waals surface area (Å²) in [6.45, 7) is 0. The Balaban J connectivity index is 1.90. The van der Waals surface area contributed by atoms with Gasteiger partial charge in [-0.3, -0.25) is 0 Å². The molecule has 0 spiro atoms. The van der Waals surface area contributed by atoms with Crippen LogP contribution in [0, 0.1) is 0 Å². The van der Waals surface area contributed by atoms with Gasteiger partial charge in [0.15, 0.2) is 0 Å². The Kier molecular flexibility index (Phi) is 3.21. The van der Waals surface area contributed by atoms with Gasteiger partial charge in [-0.05, 0) is 43.1 Å². The van der Waals surface area contributed by atoms with Crippen molar-refractivity contribution in [2.75, 3.05) is 7.11 Å². The van der Waals surface area contributed by atoms with Crippen LogP contribution in [-0.2, 0) is 10.2 Å². The van der Waals surface area contributed by atoms with Gasteiger partial charge in [0.2, 0.25) is 0 Å². The van der Waals surface area contributed by atoms with Gasteiger partial charge >= 0.3 is 6.09 Å². The number of nitrogens with one attached hydrogen (secondary N) is 1. The van der Waals surface area contributed by atoms with Crippen LogP contribution < -0.4 is 5.32 Å². The molecule has 0 heterocycles. The zero-order chi connectivity index (χ0) is 14.2. The van der Waals surface area contributed by atoms with E-state index in [0.29, 0.717) is 0 Å². The quantitative estimate of drug-likeness (QED) is 0.891. The number of benzene rings is 1. The van der Waals surface area contributed by atoms with Crippen molar-refractivity contribution in [3.05, 3.63) is 35.9 Å². The van der Waals surface area contributed by atoms with Gasteiger partial charge in [0.05, 0.1) is 11.6 Å². The van der Waals surface area contributed by atoms with Gasteiger partial charge < -0.3 is 15.2 Å². The molecule has 3 fully saturated rings. The summed E-state index contributed by atoms with van der Waals surface area (Å²) >= 11 is 0. The monoisotopic (exact) mass is 275 g/mol. The zero-order valence-electron chi connectivity index (χ0n) is 11.8. The third-order valence-electron chi connectivity index (χ3n) is 5.32. The summed E-state index contributed by atoms with van der Waals surface area (Å²) in [5.41, 5.74) is 1.13. The number of hydrogen-bond donors (Lipinski definition) is 2. The molecule has 0 radical (unpaired) electrons. The fraction of sp³-hybridized carbons (Fsp3) is 0.562. The second kappa shape index (κ2) is 4.77. The Hall–Kier alpha value is -1.55. The summed E-state index contributed by atoms with van der Waals surface area (Å²) in [6, 6.07) is 10.6. The van der Waals surface area contributed by atoms with E-state index in [1.165, 1.54) is 5.56 Å². The predicted molar refractivity (Wildman–Crippen MR) is 75.9 cm³/mol. The van der Waals surface area contributed by atoms with Crippen LogP contribution in [0.3, 0.4) is 0 Å². The predicted octanol–water partition coefficient (Wildman–Crippen LogP) is 2.92. The molecule has 3 aliphatic rings. The molecular formula is C16H21NO3. The second-order valence-electron chi connectivity index (χ2n) is 6.16. The fourth-order valence-corrected chi connectivity index (χ4v) is 4.18. The van der Waals surface area contributed by atoms with Crippen LogP contribution in [0.2, 0.25) is 0 Å². The molecule has 3 aliphatic carbocycles. The van der Waals surface area contributed by atoms with Crippen molar-refractivity contribution < 1.29 is 14.6 Å². The van der Waals surface area contributed by atoms with Crippen LogP contribution >= 0.6 is 0 Å². The van der Waals surface area contributed by atoms with Gasteiger partial charge in [0, 0.05) is 7.11 Å². The minimum Gasteiger partial charge on any atom is -0.465 e. The largest absolute Gasteiger partial charge is 0.465 e. The number of fused-ring (bicyclic) bond motifs is 3. The number of carbonyl (C=O) groups is 1. The van der Waals surface area contributed by atoms with Gasteiger partial charge in [-0.1, -0.05) is 30.3 Å². The summed E-state index contributed by atoms with van der Waals surface area (Å²) in [7, 11) is 1.69. The van der Waals surface area contributed by atoms with E-state index in [1.807, 2.05) is 6.07 Å². The van der Waals surface area contributed by atoms with Crippen LogP contribution in [0.5, 0.6) is 0 Å². The molecule has 20 heavy (non-hydrogen) atoms. The summed E-state index contributed by atoms with van der Waals surface area (Å²) in [5, 5.41) is 11.9. The lowest BCUT2D eigenvalue weighted by molar-refractivity contribution is -0.0733. The number of rotatable bonds is 3. The number of ether oxygens (including phenoxy) is 1. The first-order chi connectivity index (χ1) is 9.60. The van der Waals surface area contributed by atoms with E-state index in [4.69, 9.17) is 9.84 Å². The molecule has 4 heteroatoms. The van der Waals surface area contributed by atoms with Gasteiger partial charge in [0.1, 0.15) is 0 Å². The van der Waals surface area contributed by atoms with Crippen LogP contribution in [0.4, 0.5) is 4.79 Å². The lowest BCUT2D eigenvalue weighted by Crippen LogP contribution is -2.65. The Morgan fingerprint density at radius 3 is 2.45 bits per heavy atom. The van der Waals surface area contributed by atoms with Crippen molar-refractivity contribution in [1.29, 1.82) is 0 Å². The van der Waals surface area contributed by atoms with E-state index < -0.39 is 11.6 Å². The minimum absolute atomic E-state index is 0.0405. The number of methoxy groups -OCH3 is 1. The minimum atomic E-state index is -0.943. The van der Waals surface area contributed by atoms with Crippen LogP contribution in [0.25, 0.3) is 0 Å². The molecule has 4 nitrogen and oxygen atoms in total. The summed E-state index contributed by atoms with van der Waals surface area (Å²) in [5.74, 6) is 0. The zero-order valence-corrected chi connectivity index (χ0v) is 11.8. The standard InChI is InChI=1S/C16H21NO3/c1-20-13-11-15(12-5-3-2-4-6-12)7-9-16(13,10-8-15)17-14(18)19/h2-6,13,17H,7-11H2,1H3,(H,18,19). The molecule has 1 atom stereocenters. The van der Waals surface area contributed by atoms with Gasteiger partial charge in [-0.25, -0.2) is 4.79 Å². The summed E-state index contributed by atoms with van der Waals surface area (Å²) in [6.07, 6.45) is 3.67. The lowest BCUT2D eigenvalue weighted by Gasteiger charge is -2.57. The molecule has 3 saturated carbocycles. The highest BCUT2D eigenvalue weighted by Gasteiger charge is 2.56. The number of carboxylic acid groups (broad SMARTS) is 1. The first kappa shape index (κ1) is 13.4. The van der Waals surface area contributed by atoms with Crippen molar-refractivity contribution in [3.63, 3.8) is 0 Å². The Bertz CT molecular complexity index is 492. The second-order valence-corrected chi connectivity index (χ2v) is 6.16. The molecule has 0 aliphatic heterocycles. The van der Waals surface area contributed by atoms with E-state index in [0.717, 1.165) is 32.1 Å². The first-order valence-corrected chi connectivity index (χ1v) is 7.20. The van der Waals surface area contributed by atoms with E-state index >= 15 is 0 Å². The van der Waals surface area contributed by atoms with Crippen molar-refractivity contribution in [2.45, 2.75) is 49.2 Å². The third kappa shape index (κ3) is 1.99. The third-order valence-corrected chi connectivity index (χ3v) is 5.32. The maximum atomic E-state index is 11.1. The lowest BCUT2D eigenvalue weighted by atomic mass is 9.53. The van der Waals surface area contributed by atoms with E-state index in [-0.39, 0.29) is 11.5 Å². The summed E-state index contributed by atoms with van der Waals surface area (Å²) in [4.78, 5) is 11.1. The molecule has 1 unspecified atom stereocenters. The molecule has 4 rings (SSSR count). The highest BCUT2D eigenvalue weighted by atomic mass is 16.5. The maximum Gasteiger partial charge on any atom is 0.405 e. The highest BCUT2D eigenvalue weighted by Crippen LogP contribution is 2.54. The Morgan fingerprint density at radius 1 is 1.25 bits per heavy atom. The average molecular weight is 275 g/mol. The Morgan fingerprint density at radius 2 is 1.90 bits per heavy atom. The van der Waals surface area contributed by atoms with Crippen molar-refractivity contribution in [3.8, 4) is 0 Å². The number of hydrogen-bond acceptors (Lipinski definition) is 2. The van der Waals surface area contributed by atoms with Gasteiger partial charge in [-0.2, -0.15) is 0 Å². The molecule has 2 N–H and O–H groups in total. The first-order valence-electron chi connectivity index (χ1n) is 7.20. The summed E-state index contributed by atoms with van der Waals surface area (Å²) < 4.78 is 5.65. The molecule has 2 bridgehead atoms. The molecule has 108 valence electrons. The SMILES string of the molecule is COC1CC2(c3ccccc3)CCC1(NC(=O)O)CC2. The average Bonchev–Trinajstić information content (AvgIpc) is 2.48. The Labute approximate surface area is 119 Å². The fourth-order valence-electron chi connectivity index (χ4n) is 4.18. The van der Waals surface area contributed by atoms with E-state index in [1.54, 1.807) is 7.11 Å². The molecule has 0 aromatic heterocycles. The smallest absolute Gasteiger partial charge is 0.405 e. The van der Waals surface area contributed by atoms with E-state index in [9.17, 15) is 4.79 Å². The normalized spacial score (nSPS) is 35.8. The van der Waals surface area contributed by atoms with Crippen LogP contribution in [0.15, 0.2) is 30.3 Å².